The minimum absolute atomic E-state index is 0.0116. The minimum atomic E-state index is -0.877. The second-order valence-corrected chi connectivity index (χ2v) is 4.84. The van der Waals surface area contributed by atoms with Gasteiger partial charge in [-0.15, -0.1) is 0 Å². The van der Waals surface area contributed by atoms with Crippen LogP contribution in [0.2, 0.25) is 0 Å². The summed E-state index contributed by atoms with van der Waals surface area (Å²) in [5, 5.41) is 12.5. The van der Waals surface area contributed by atoms with Gasteiger partial charge in [0.2, 0.25) is 11.7 Å². The van der Waals surface area contributed by atoms with E-state index in [0.717, 1.165) is 17.7 Å². The van der Waals surface area contributed by atoms with Crippen molar-refractivity contribution in [1.82, 2.24) is 15.0 Å². The molecule has 0 amide bonds. The summed E-state index contributed by atoms with van der Waals surface area (Å²) < 4.78 is 5.06. The van der Waals surface area contributed by atoms with Gasteiger partial charge in [-0.3, -0.25) is 4.79 Å². The fraction of sp³-hybridized carbons (Fsp3) is 0.357. The third-order valence-electron chi connectivity index (χ3n) is 2.70. The molecule has 0 aliphatic carbocycles. The molecule has 0 radical (unpaired) electrons. The van der Waals surface area contributed by atoms with E-state index in [2.05, 4.69) is 15.0 Å². The molecule has 0 atom stereocenters. The van der Waals surface area contributed by atoms with Gasteiger partial charge in [0.15, 0.2) is 0 Å². The number of aromatic nitrogens is 2. The Bertz CT molecular complexity index is 593. The molecule has 106 valence electrons. The number of carboxylic acids is 1. The minimum Gasteiger partial charge on any atom is -0.481 e. The molecular formula is C14H17N3O3. The first kappa shape index (κ1) is 14.2. The molecular weight excluding hydrogens is 258 g/mol. The molecule has 2 rings (SSSR count). The van der Waals surface area contributed by atoms with Gasteiger partial charge in [0.05, 0.1) is 6.42 Å². The first-order valence-corrected chi connectivity index (χ1v) is 6.33. The van der Waals surface area contributed by atoms with Crippen LogP contribution >= 0.6 is 0 Å². The molecule has 1 heterocycles. The number of nitrogens with zero attached hydrogens (tertiary/aromatic N) is 3. The van der Waals surface area contributed by atoms with Crippen LogP contribution < -0.4 is 0 Å². The Morgan fingerprint density at radius 1 is 1.40 bits per heavy atom. The monoisotopic (exact) mass is 275 g/mol. The summed E-state index contributed by atoms with van der Waals surface area (Å²) >= 11 is 0. The van der Waals surface area contributed by atoms with E-state index in [4.69, 9.17) is 9.63 Å². The number of carbonyl (C=O) groups is 1. The van der Waals surface area contributed by atoms with Crippen LogP contribution in [0, 0.1) is 0 Å². The van der Waals surface area contributed by atoms with Gasteiger partial charge in [0.1, 0.15) is 0 Å². The van der Waals surface area contributed by atoms with Gasteiger partial charge in [-0.25, -0.2) is 0 Å². The summed E-state index contributed by atoms with van der Waals surface area (Å²) in [4.78, 5) is 16.8. The van der Waals surface area contributed by atoms with Gasteiger partial charge < -0.3 is 14.5 Å². The average Bonchev–Trinajstić information content (AvgIpc) is 2.84. The van der Waals surface area contributed by atoms with Crippen LogP contribution in [0.5, 0.6) is 0 Å². The Hall–Kier alpha value is -2.21. The normalized spacial score (nSPS) is 10.9. The molecule has 6 heteroatoms. The first-order chi connectivity index (χ1) is 9.54. The maximum atomic E-state index is 10.5. The zero-order valence-corrected chi connectivity index (χ0v) is 11.5. The van der Waals surface area contributed by atoms with Crippen LogP contribution in [0.3, 0.4) is 0 Å². The van der Waals surface area contributed by atoms with E-state index in [1.165, 1.54) is 0 Å². The Kier molecular flexibility index (Phi) is 4.47. The van der Waals surface area contributed by atoms with Crippen molar-refractivity contribution in [3.8, 4) is 11.4 Å². The standard InChI is InChI=1S/C14H17N3O3/c1-17(2)9-10-4-3-5-11(8-10)14-15-12(20-16-14)6-7-13(18)19/h3-5,8H,6-7,9H2,1-2H3,(H,18,19). The fourth-order valence-electron chi connectivity index (χ4n) is 1.86. The SMILES string of the molecule is CN(C)Cc1cccc(-c2noc(CCC(=O)O)n2)c1. The first-order valence-electron chi connectivity index (χ1n) is 6.33. The van der Waals surface area contributed by atoms with Crippen LogP contribution in [0.15, 0.2) is 28.8 Å². The van der Waals surface area contributed by atoms with E-state index in [1.807, 2.05) is 38.4 Å². The maximum absolute atomic E-state index is 10.5. The van der Waals surface area contributed by atoms with Crippen molar-refractivity contribution in [2.24, 2.45) is 0 Å². The topological polar surface area (TPSA) is 79.5 Å². The lowest BCUT2D eigenvalue weighted by atomic mass is 10.1. The van der Waals surface area contributed by atoms with Crippen molar-refractivity contribution in [3.05, 3.63) is 35.7 Å². The third-order valence-corrected chi connectivity index (χ3v) is 2.70. The van der Waals surface area contributed by atoms with Crippen LogP contribution in [-0.2, 0) is 17.8 Å². The molecule has 1 N–H and O–H groups in total. The van der Waals surface area contributed by atoms with E-state index in [1.54, 1.807) is 0 Å². The average molecular weight is 275 g/mol. The largest absolute Gasteiger partial charge is 0.481 e. The second kappa shape index (κ2) is 6.29. The number of rotatable bonds is 6. The number of aryl methyl sites for hydroxylation is 1. The summed E-state index contributed by atoms with van der Waals surface area (Å²) in [5.41, 5.74) is 2.03. The molecule has 0 saturated carbocycles. The molecule has 0 bridgehead atoms. The quantitative estimate of drug-likeness (QED) is 0.866. The second-order valence-electron chi connectivity index (χ2n) is 4.84. The van der Waals surface area contributed by atoms with Crippen LogP contribution in [0.4, 0.5) is 0 Å². The highest BCUT2D eigenvalue weighted by molar-refractivity contribution is 5.66. The van der Waals surface area contributed by atoms with E-state index < -0.39 is 5.97 Å². The number of aliphatic carboxylic acids is 1. The van der Waals surface area contributed by atoms with Crippen molar-refractivity contribution in [3.63, 3.8) is 0 Å². The van der Waals surface area contributed by atoms with Gasteiger partial charge in [-0.1, -0.05) is 23.4 Å². The van der Waals surface area contributed by atoms with Crippen molar-refractivity contribution in [1.29, 1.82) is 0 Å². The van der Waals surface area contributed by atoms with Crippen molar-refractivity contribution < 1.29 is 14.4 Å². The van der Waals surface area contributed by atoms with E-state index in [9.17, 15) is 4.79 Å². The molecule has 0 aliphatic heterocycles. The Morgan fingerprint density at radius 3 is 2.90 bits per heavy atom. The lowest BCUT2D eigenvalue weighted by Gasteiger charge is -2.09. The molecule has 1 aromatic heterocycles. The summed E-state index contributed by atoms with van der Waals surface area (Å²) in [7, 11) is 4.01. The van der Waals surface area contributed by atoms with Gasteiger partial charge in [-0.05, 0) is 25.7 Å². The number of hydrogen-bond acceptors (Lipinski definition) is 5. The lowest BCUT2D eigenvalue weighted by Crippen LogP contribution is -2.10. The Morgan fingerprint density at radius 2 is 2.20 bits per heavy atom. The zero-order chi connectivity index (χ0) is 14.5. The maximum Gasteiger partial charge on any atom is 0.303 e. The van der Waals surface area contributed by atoms with Crippen molar-refractivity contribution >= 4 is 5.97 Å². The van der Waals surface area contributed by atoms with E-state index in [-0.39, 0.29) is 12.8 Å². The number of carboxylic acid groups (broad SMARTS) is 1. The molecule has 6 nitrogen and oxygen atoms in total. The van der Waals surface area contributed by atoms with E-state index in [0.29, 0.717) is 11.7 Å². The van der Waals surface area contributed by atoms with Crippen molar-refractivity contribution in [2.45, 2.75) is 19.4 Å². The molecule has 20 heavy (non-hydrogen) atoms. The molecule has 0 aliphatic rings. The molecule has 0 saturated heterocycles. The summed E-state index contributed by atoms with van der Waals surface area (Å²) in [6.07, 6.45) is 0.238. The predicted molar refractivity (Wildman–Crippen MR) is 73.1 cm³/mol. The molecule has 0 fully saturated rings. The highest BCUT2D eigenvalue weighted by atomic mass is 16.5. The Balaban J connectivity index is 2.13. The summed E-state index contributed by atoms with van der Waals surface area (Å²) in [6, 6.07) is 7.90. The molecule has 1 aromatic carbocycles. The molecule has 2 aromatic rings. The summed E-state index contributed by atoms with van der Waals surface area (Å²) in [6.45, 7) is 0.831. The molecule has 0 unspecified atom stereocenters. The third kappa shape index (κ3) is 3.89. The van der Waals surface area contributed by atoms with Gasteiger partial charge in [-0.2, -0.15) is 4.98 Å². The van der Waals surface area contributed by atoms with Crippen LogP contribution in [0.1, 0.15) is 17.9 Å². The summed E-state index contributed by atoms with van der Waals surface area (Å²) in [5.74, 6) is -0.0378. The van der Waals surface area contributed by atoms with Gasteiger partial charge >= 0.3 is 5.97 Å². The van der Waals surface area contributed by atoms with E-state index >= 15 is 0 Å². The Labute approximate surface area is 117 Å². The lowest BCUT2D eigenvalue weighted by molar-refractivity contribution is -0.137. The van der Waals surface area contributed by atoms with Gasteiger partial charge in [0.25, 0.3) is 0 Å². The number of benzene rings is 1. The number of hydrogen-bond donors (Lipinski definition) is 1. The highest BCUT2D eigenvalue weighted by Gasteiger charge is 2.10. The highest BCUT2D eigenvalue weighted by Crippen LogP contribution is 2.18. The van der Waals surface area contributed by atoms with Crippen molar-refractivity contribution in [2.75, 3.05) is 14.1 Å². The smallest absolute Gasteiger partial charge is 0.303 e. The van der Waals surface area contributed by atoms with Crippen LogP contribution in [0.25, 0.3) is 11.4 Å². The van der Waals surface area contributed by atoms with Crippen LogP contribution in [-0.4, -0.2) is 40.2 Å². The fourth-order valence-corrected chi connectivity index (χ4v) is 1.86. The van der Waals surface area contributed by atoms with Gasteiger partial charge in [0, 0.05) is 18.5 Å². The predicted octanol–water partition coefficient (Wildman–Crippen LogP) is 1.82. The zero-order valence-electron chi connectivity index (χ0n) is 11.5. The molecule has 0 spiro atoms.